The average Bonchev–Trinajstić information content (AvgIpc) is 2.97. The van der Waals surface area contributed by atoms with Crippen LogP contribution in [0, 0.1) is 0 Å². The van der Waals surface area contributed by atoms with Gasteiger partial charge >= 0.3 is 13.2 Å². The number of alkyl carbamates (subject to hydrolysis) is 1. The first-order valence-corrected chi connectivity index (χ1v) is 10.1. The molecule has 1 aliphatic heterocycles. The predicted octanol–water partition coefficient (Wildman–Crippen LogP) is 3.84. The van der Waals surface area contributed by atoms with Crippen molar-refractivity contribution >= 4 is 25.6 Å². The lowest BCUT2D eigenvalue weighted by molar-refractivity contribution is 0.00578. The molecule has 2 aromatic rings. The van der Waals surface area contributed by atoms with Crippen molar-refractivity contribution in [1.29, 1.82) is 0 Å². The van der Waals surface area contributed by atoms with Crippen LogP contribution in [-0.2, 0) is 20.7 Å². The summed E-state index contributed by atoms with van der Waals surface area (Å²) in [5.41, 5.74) is 1.31. The fourth-order valence-corrected chi connectivity index (χ4v) is 2.97. The molecule has 3 rings (SSSR count). The van der Waals surface area contributed by atoms with Gasteiger partial charge in [0.1, 0.15) is 6.61 Å². The first-order chi connectivity index (χ1) is 14.7. The first kappa shape index (κ1) is 22.7. The molecule has 0 saturated carbocycles. The van der Waals surface area contributed by atoms with Crippen LogP contribution in [0.2, 0.25) is 0 Å². The Morgan fingerprint density at radius 2 is 1.77 bits per heavy atom. The highest BCUT2D eigenvalue weighted by atomic mass is 16.7. The van der Waals surface area contributed by atoms with E-state index in [-0.39, 0.29) is 13.2 Å². The van der Waals surface area contributed by atoms with Gasteiger partial charge in [-0.1, -0.05) is 30.3 Å². The molecule has 0 radical (unpaired) electrons. The van der Waals surface area contributed by atoms with E-state index >= 15 is 0 Å². The van der Waals surface area contributed by atoms with Gasteiger partial charge in [-0.2, -0.15) is 0 Å². The van der Waals surface area contributed by atoms with Crippen LogP contribution in [0.15, 0.2) is 54.1 Å². The summed E-state index contributed by atoms with van der Waals surface area (Å²) in [7, 11) is -0.707. The highest BCUT2D eigenvalue weighted by molar-refractivity contribution is 6.56. The van der Waals surface area contributed by atoms with Crippen LogP contribution in [0.1, 0.15) is 49.3 Å². The number of nitrogens with one attached hydrogen (secondary N) is 1. The number of hydrogen-bond acceptors (Lipinski definition) is 6. The van der Waals surface area contributed by atoms with Crippen LogP contribution in [0.25, 0.3) is 6.08 Å². The van der Waals surface area contributed by atoms with E-state index in [1.54, 1.807) is 24.4 Å². The zero-order chi connectivity index (χ0) is 22.5. The van der Waals surface area contributed by atoms with Crippen molar-refractivity contribution in [3.63, 3.8) is 0 Å². The third-order valence-corrected chi connectivity index (χ3v) is 5.53. The summed E-state index contributed by atoms with van der Waals surface area (Å²) >= 11 is 0. The maximum Gasteiger partial charge on any atom is 0.492 e. The van der Waals surface area contributed by atoms with Crippen molar-refractivity contribution in [2.75, 3.05) is 6.54 Å². The molecule has 1 saturated heterocycles. The molecule has 1 aromatic heterocycles. The van der Waals surface area contributed by atoms with Gasteiger partial charge in [-0.3, -0.25) is 9.78 Å². The van der Waals surface area contributed by atoms with Gasteiger partial charge in [-0.15, -0.1) is 0 Å². The molecule has 8 heteroatoms. The Bertz CT molecular complexity index is 943. The second-order valence-electron chi connectivity index (χ2n) is 8.32. The highest BCUT2D eigenvalue weighted by Gasteiger charge is 2.52. The van der Waals surface area contributed by atoms with Crippen molar-refractivity contribution < 1.29 is 23.6 Å². The number of aldehydes is 1. The zero-order valence-electron chi connectivity index (χ0n) is 18.3. The number of rotatable bonds is 7. The molecule has 0 unspecified atom stereocenters. The molecule has 31 heavy (non-hydrogen) atoms. The summed E-state index contributed by atoms with van der Waals surface area (Å²) < 4.78 is 17.6. The number of nitrogens with zero attached hydrogens (tertiary/aromatic N) is 1. The van der Waals surface area contributed by atoms with Gasteiger partial charge in [0.15, 0.2) is 6.29 Å². The quantitative estimate of drug-likeness (QED) is 0.539. The average molecular weight is 422 g/mol. The summed E-state index contributed by atoms with van der Waals surface area (Å²) in [4.78, 5) is 27.9. The molecular formula is C23H27BN2O5. The predicted molar refractivity (Wildman–Crippen MR) is 118 cm³/mol. The maximum atomic E-state index is 12.3. The Morgan fingerprint density at radius 1 is 1.10 bits per heavy atom. The van der Waals surface area contributed by atoms with Crippen LogP contribution < -0.4 is 5.32 Å². The van der Waals surface area contributed by atoms with E-state index in [4.69, 9.17) is 14.0 Å². The molecular weight excluding hydrogens is 395 g/mol. The molecule has 1 N–H and O–H groups in total. The third-order valence-electron chi connectivity index (χ3n) is 5.53. The van der Waals surface area contributed by atoms with Crippen molar-refractivity contribution in [1.82, 2.24) is 10.3 Å². The standard InChI is InChI=1S/C23H27BN2O5/c1-22(2)23(3,4)31-24(30-22)19(13-20-18(15-27)11-8-12-25-20)14-26-21(28)29-16-17-9-6-5-7-10-17/h5-13,15H,14,16H2,1-4H3,(H,26,28). The number of pyridine rings is 1. The van der Waals surface area contributed by atoms with Crippen LogP contribution >= 0.6 is 0 Å². The largest absolute Gasteiger partial charge is 0.492 e. The second kappa shape index (κ2) is 9.45. The molecule has 0 spiro atoms. The number of aromatic nitrogens is 1. The van der Waals surface area contributed by atoms with Crippen LogP contribution in [-0.4, -0.2) is 42.2 Å². The van der Waals surface area contributed by atoms with E-state index in [1.165, 1.54) is 0 Å². The molecule has 1 aromatic carbocycles. The summed E-state index contributed by atoms with van der Waals surface area (Å²) in [5, 5.41) is 2.74. The fraction of sp³-hybridized carbons (Fsp3) is 0.348. The highest BCUT2D eigenvalue weighted by Crippen LogP contribution is 2.38. The minimum absolute atomic E-state index is 0.110. The molecule has 0 bridgehead atoms. The molecule has 1 amide bonds. The van der Waals surface area contributed by atoms with Gasteiger partial charge < -0.3 is 19.4 Å². The van der Waals surface area contributed by atoms with Crippen LogP contribution in [0.4, 0.5) is 4.79 Å². The minimum Gasteiger partial charge on any atom is -0.445 e. The van der Waals surface area contributed by atoms with Crippen molar-refractivity contribution in [2.24, 2.45) is 0 Å². The van der Waals surface area contributed by atoms with Gasteiger partial charge in [-0.05, 0) is 56.9 Å². The zero-order valence-corrected chi connectivity index (χ0v) is 18.3. The maximum absolute atomic E-state index is 12.3. The Hall–Kier alpha value is -2.97. The second-order valence-corrected chi connectivity index (χ2v) is 8.32. The smallest absolute Gasteiger partial charge is 0.445 e. The van der Waals surface area contributed by atoms with E-state index in [2.05, 4.69) is 10.3 Å². The summed E-state index contributed by atoms with van der Waals surface area (Å²) in [6.07, 6.45) is 3.48. The Labute approximate surface area is 182 Å². The van der Waals surface area contributed by atoms with Gasteiger partial charge in [0, 0.05) is 18.3 Å². The Balaban J connectivity index is 1.75. The van der Waals surface area contributed by atoms with E-state index < -0.39 is 24.4 Å². The Morgan fingerprint density at radius 3 is 2.42 bits per heavy atom. The van der Waals surface area contributed by atoms with Gasteiger partial charge in [-0.25, -0.2) is 4.79 Å². The van der Waals surface area contributed by atoms with E-state index in [1.807, 2.05) is 58.0 Å². The number of ether oxygens (including phenoxy) is 1. The number of carbonyl (C=O) groups is 2. The lowest BCUT2D eigenvalue weighted by atomic mass is 9.77. The Kier molecular flexibility index (Phi) is 6.92. The molecule has 7 nitrogen and oxygen atoms in total. The lowest BCUT2D eigenvalue weighted by Crippen LogP contribution is -2.41. The van der Waals surface area contributed by atoms with Crippen molar-refractivity contribution in [3.8, 4) is 0 Å². The van der Waals surface area contributed by atoms with E-state index in [0.717, 1.165) is 11.8 Å². The number of amides is 1. The molecule has 1 aliphatic rings. The first-order valence-electron chi connectivity index (χ1n) is 10.1. The van der Waals surface area contributed by atoms with Crippen molar-refractivity contribution in [2.45, 2.75) is 45.5 Å². The molecule has 1 fully saturated rings. The summed E-state index contributed by atoms with van der Waals surface area (Å²) in [5.74, 6) is 0. The van der Waals surface area contributed by atoms with E-state index in [9.17, 15) is 9.59 Å². The number of benzene rings is 1. The summed E-state index contributed by atoms with van der Waals surface area (Å²) in [6.45, 7) is 8.07. The van der Waals surface area contributed by atoms with Crippen molar-refractivity contribution in [3.05, 3.63) is 71.0 Å². The van der Waals surface area contributed by atoms with Gasteiger partial charge in [0.05, 0.1) is 16.9 Å². The minimum atomic E-state index is -0.707. The summed E-state index contributed by atoms with van der Waals surface area (Å²) in [6, 6.07) is 12.8. The van der Waals surface area contributed by atoms with Gasteiger partial charge in [0.25, 0.3) is 0 Å². The van der Waals surface area contributed by atoms with Crippen LogP contribution in [0.3, 0.4) is 0 Å². The number of carbonyl (C=O) groups excluding carboxylic acids is 2. The van der Waals surface area contributed by atoms with E-state index in [0.29, 0.717) is 16.7 Å². The van der Waals surface area contributed by atoms with Gasteiger partial charge in [0.2, 0.25) is 0 Å². The molecule has 2 heterocycles. The normalized spacial score (nSPS) is 17.3. The fourth-order valence-electron chi connectivity index (χ4n) is 2.97. The molecule has 0 aliphatic carbocycles. The molecule has 0 atom stereocenters. The van der Waals surface area contributed by atoms with Crippen LogP contribution in [0.5, 0.6) is 0 Å². The SMILES string of the molecule is CC1(C)OB(C(=Cc2ncccc2C=O)CNC(=O)OCc2ccccc2)OC1(C)C. The molecule has 162 valence electrons. The third kappa shape index (κ3) is 5.59. The topological polar surface area (TPSA) is 86.8 Å². The monoisotopic (exact) mass is 422 g/mol. The number of hydrogen-bond donors (Lipinski definition) is 1. The lowest BCUT2D eigenvalue weighted by Gasteiger charge is -2.32.